The fourth-order valence-electron chi connectivity index (χ4n) is 1.86. The number of rotatable bonds is 1. The first-order valence-corrected chi connectivity index (χ1v) is 4.98. The summed E-state index contributed by atoms with van der Waals surface area (Å²) >= 11 is 0. The van der Waals surface area contributed by atoms with E-state index in [-0.39, 0.29) is 5.49 Å². The minimum absolute atomic E-state index is 0.0858. The van der Waals surface area contributed by atoms with E-state index < -0.39 is 0 Å². The first-order chi connectivity index (χ1) is 7.61. The molecular formula is C12H13N3O. The summed E-state index contributed by atoms with van der Waals surface area (Å²) in [6.07, 6.45) is 3.46. The van der Waals surface area contributed by atoms with Crippen molar-refractivity contribution in [1.29, 1.82) is 5.41 Å². The van der Waals surface area contributed by atoms with Gasteiger partial charge in [-0.15, -0.1) is 0 Å². The van der Waals surface area contributed by atoms with Crippen molar-refractivity contribution < 1.29 is 5.21 Å². The van der Waals surface area contributed by atoms with E-state index in [0.29, 0.717) is 5.69 Å². The van der Waals surface area contributed by atoms with E-state index in [4.69, 9.17) is 5.41 Å². The second kappa shape index (κ2) is 3.81. The molecule has 4 heteroatoms. The first-order valence-electron chi connectivity index (χ1n) is 4.98. The van der Waals surface area contributed by atoms with Gasteiger partial charge in [-0.05, 0) is 31.5 Å². The lowest BCUT2D eigenvalue weighted by atomic mass is 10.0. The zero-order valence-corrected chi connectivity index (χ0v) is 9.23. The van der Waals surface area contributed by atoms with Gasteiger partial charge in [-0.3, -0.25) is 10.4 Å². The highest BCUT2D eigenvalue weighted by Gasteiger charge is 2.09. The van der Waals surface area contributed by atoms with Gasteiger partial charge in [0, 0.05) is 23.5 Å². The lowest BCUT2D eigenvalue weighted by molar-refractivity contribution is 0.164. The number of hydrogen-bond donors (Lipinski definition) is 2. The molecule has 4 nitrogen and oxygen atoms in total. The number of nitrogens with one attached hydrogen (secondary N) is 1. The topological polar surface area (TPSA) is 61.9 Å². The maximum atomic E-state index is 9.68. The van der Waals surface area contributed by atoms with E-state index in [1.165, 1.54) is 0 Å². The molecule has 0 aliphatic carbocycles. The van der Waals surface area contributed by atoms with Crippen molar-refractivity contribution in [3.8, 4) is 11.1 Å². The second-order valence-electron chi connectivity index (χ2n) is 3.73. The highest BCUT2D eigenvalue weighted by atomic mass is 16.5. The van der Waals surface area contributed by atoms with E-state index in [2.05, 4.69) is 4.98 Å². The van der Waals surface area contributed by atoms with Crippen LogP contribution in [-0.2, 0) is 0 Å². The summed E-state index contributed by atoms with van der Waals surface area (Å²) in [5.41, 5.74) is 3.56. The lowest BCUT2D eigenvalue weighted by Gasteiger charge is -2.12. The molecule has 2 rings (SSSR count). The van der Waals surface area contributed by atoms with E-state index >= 15 is 0 Å². The van der Waals surface area contributed by atoms with E-state index in [0.717, 1.165) is 21.4 Å². The zero-order valence-electron chi connectivity index (χ0n) is 9.23. The summed E-state index contributed by atoms with van der Waals surface area (Å²) in [5, 5.41) is 17.2. The molecule has 2 aromatic rings. The average molecular weight is 215 g/mol. The Kier molecular flexibility index (Phi) is 2.48. The quantitative estimate of drug-likeness (QED) is 0.713. The highest BCUT2D eigenvalue weighted by Crippen LogP contribution is 2.24. The molecule has 0 radical (unpaired) electrons. The van der Waals surface area contributed by atoms with Crippen molar-refractivity contribution in [3.05, 3.63) is 47.3 Å². The number of nitrogens with zero attached hydrogens (tertiary/aromatic N) is 2. The van der Waals surface area contributed by atoms with Crippen LogP contribution in [0.4, 0.5) is 0 Å². The normalized spacial score (nSPS) is 10.4. The highest BCUT2D eigenvalue weighted by molar-refractivity contribution is 5.68. The second-order valence-corrected chi connectivity index (χ2v) is 3.73. The molecule has 0 saturated heterocycles. The molecule has 2 N–H and O–H groups in total. The standard InChI is InChI=1S/C12H13N3O/c1-8-6-11(13)15(16)9(2)12(8)10-4-3-5-14-7-10/h3-7,13,16H,1-2H3. The molecule has 0 fully saturated rings. The molecule has 2 aromatic heterocycles. The van der Waals surface area contributed by atoms with Crippen LogP contribution in [-0.4, -0.2) is 14.9 Å². The molecule has 2 heterocycles. The molecule has 0 atom stereocenters. The SMILES string of the molecule is Cc1cc(=N)n(O)c(C)c1-c1cccnc1. The third kappa shape index (κ3) is 1.58. The summed E-state index contributed by atoms with van der Waals surface area (Å²) < 4.78 is 0.884. The van der Waals surface area contributed by atoms with Crippen LogP contribution < -0.4 is 5.49 Å². The van der Waals surface area contributed by atoms with Crippen LogP contribution in [0.1, 0.15) is 11.3 Å². The van der Waals surface area contributed by atoms with Crippen LogP contribution >= 0.6 is 0 Å². The van der Waals surface area contributed by atoms with Crippen molar-refractivity contribution in [1.82, 2.24) is 9.71 Å². The van der Waals surface area contributed by atoms with Gasteiger partial charge in [-0.25, -0.2) is 0 Å². The predicted molar refractivity (Wildman–Crippen MR) is 60.2 cm³/mol. The number of hydrogen-bond acceptors (Lipinski definition) is 3. The van der Waals surface area contributed by atoms with E-state index in [9.17, 15) is 5.21 Å². The summed E-state index contributed by atoms with van der Waals surface area (Å²) in [6.45, 7) is 3.71. The summed E-state index contributed by atoms with van der Waals surface area (Å²) in [6, 6.07) is 5.42. The number of pyridine rings is 2. The Bertz CT molecular complexity index is 573. The minimum Gasteiger partial charge on any atom is -0.427 e. The van der Waals surface area contributed by atoms with E-state index in [1.807, 2.05) is 19.1 Å². The largest absolute Gasteiger partial charge is 0.427 e. The predicted octanol–water partition coefficient (Wildman–Crippen LogP) is 1.88. The first kappa shape index (κ1) is 10.4. The summed E-state index contributed by atoms with van der Waals surface area (Å²) in [5.74, 6) is 0. The minimum atomic E-state index is 0.0858. The maximum absolute atomic E-state index is 9.68. The van der Waals surface area contributed by atoms with Gasteiger partial charge in [-0.2, -0.15) is 4.73 Å². The monoisotopic (exact) mass is 215 g/mol. The lowest BCUT2D eigenvalue weighted by Crippen LogP contribution is -2.20. The third-order valence-corrected chi connectivity index (χ3v) is 2.61. The van der Waals surface area contributed by atoms with Gasteiger partial charge in [-0.1, -0.05) is 6.07 Å². The van der Waals surface area contributed by atoms with Gasteiger partial charge in [0.1, 0.15) is 0 Å². The van der Waals surface area contributed by atoms with Gasteiger partial charge in [0.2, 0.25) is 0 Å². The molecule has 0 aliphatic rings. The average Bonchev–Trinajstić information content (AvgIpc) is 2.28. The van der Waals surface area contributed by atoms with Gasteiger partial charge < -0.3 is 5.21 Å². The van der Waals surface area contributed by atoms with Gasteiger partial charge in [0.25, 0.3) is 0 Å². The Hall–Kier alpha value is -2.10. The molecule has 16 heavy (non-hydrogen) atoms. The third-order valence-electron chi connectivity index (χ3n) is 2.61. The van der Waals surface area contributed by atoms with Crippen LogP contribution in [0.3, 0.4) is 0 Å². The molecule has 0 saturated carbocycles. The van der Waals surface area contributed by atoms with Crippen molar-refractivity contribution in [2.75, 3.05) is 0 Å². The maximum Gasteiger partial charge on any atom is 0.161 e. The Morgan fingerprint density at radius 1 is 1.38 bits per heavy atom. The van der Waals surface area contributed by atoms with Crippen molar-refractivity contribution >= 4 is 0 Å². The molecule has 82 valence electrons. The smallest absolute Gasteiger partial charge is 0.161 e. The van der Waals surface area contributed by atoms with Crippen LogP contribution in [0.5, 0.6) is 0 Å². The van der Waals surface area contributed by atoms with Gasteiger partial charge in [0.15, 0.2) is 5.49 Å². The fraction of sp³-hybridized carbons (Fsp3) is 0.167. The fourth-order valence-corrected chi connectivity index (χ4v) is 1.86. The number of aryl methyl sites for hydroxylation is 1. The Balaban J connectivity index is 2.76. The molecule has 0 amide bonds. The molecule has 0 unspecified atom stereocenters. The Labute approximate surface area is 93.3 Å². The molecule has 0 aliphatic heterocycles. The van der Waals surface area contributed by atoms with Crippen LogP contribution in [0, 0.1) is 19.3 Å². The molecule has 0 bridgehead atoms. The molecule has 0 spiro atoms. The van der Waals surface area contributed by atoms with Crippen LogP contribution in [0.2, 0.25) is 0 Å². The van der Waals surface area contributed by atoms with Gasteiger partial charge in [0.05, 0.1) is 5.69 Å². The van der Waals surface area contributed by atoms with Crippen molar-refractivity contribution in [2.24, 2.45) is 0 Å². The Morgan fingerprint density at radius 3 is 2.75 bits per heavy atom. The number of aromatic nitrogens is 2. The van der Waals surface area contributed by atoms with Crippen molar-refractivity contribution in [3.63, 3.8) is 0 Å². The molecule has 0 aromatic carbocycles. The summed E-state index contributed by atoms with van der Waals surface area (Å²) in [7, 11) is 0. The molecular weight excluding hydrogens is 202 g/mol. The van der Waals surface area contributed by atoms with Crippen molar-refractivity contribution in [2.45, 2.75) is 13.8 Å². The van der Waals surface area contributed by atoms with Crippen LogP contribution in [0.15, 0.2) is 30.6 Å². The summed E-state index contributed by atoms with van der Waals surface area (Å²) in [4.78, 5) is 4.06. The van der Waals surface area contributed by atoms with E-state index in [1.54, 1.807) is 25.4 Å². The van der Waals surface area contributed by atoms with Crippen LogP contribution in [0.25, 0.3) is 11.1 Å². The van der Waals surface area contributed by atoms with Gasteiger partial charge >= 0.3 is 0 Å². The Morgan fingerprint density at radius 2 is 2.12 bits per heavy atom. The zero-order chi connectivity index (χ0) is 11.7.